The number of aromatic hydroxyl groups is 1. The third-order valence-electron chi connectivity index (χ3n) is 9.25. The quantitative estimate of drug-likeness (QED) is 0.0855. The summed E-state index contributed by atoms with van der Waals surface area (Å²) >= 11 is 0. The molecule has 230 valence electrons. The van der Waals surface area contributed by atoms with Gasteiger partial charge in [-0.05, 0) is 76.1 Å². The molecule has 3 aliphatic rings. The molecule has 0 aromatic heterocycles. The van der Waals surface area contributed by atoms with Crippen LogP contribution in [0.4, 0.5) is 0 Å². The molecule has 1 aliphatic heterocycles. The summed E-state index contributed by atoms with van der Waals surface area (Å²) in [7, 11) is 2.09. The molecular formula is C28H41N7O7. The highest BCUT2D eigenvalue weighted by atomic mass is 16.4. The third kappa shape index (κ3) is 6.28. The predicted octanol–water partition coefficient (Wildman–Crippen LogP) is -0.786. The number of nitrogens with zero attached hydrogens (tertiary/aromatic N) is 2. The summed E-state index contributed by atoms with van der Waals surface area (Å²) in [5, 5.41) is 36.3. The molecular weight excluding hydrogens is 546 g/mol. The number of likely N-dealkylation sites (N-methyl/N-ethyl adjacent to an activating group) is 1. The molecule has 6 atom stereocenters. The zero-order valence-electron chi connectivity index (χ0n) is 23.7. The van der Waals surface area contributed by atoms with Crippen LogP contribution in [0.5, 0.6) is 5.75 Å². The number of fused-ring (bicyclic) bond motifs is 1. The van der Waals surface area contributed by atoms with Gasteiger partial charge in [0, 0.05) is 29.6 Å². The molecule has 1 unspecified atom stereocenters. The number of aliphatic carboxylic acids is 2. The first-order valence-corrected chi connectivity index (χ1v) is 14.3. The lowest BCUT2D eigenvalue weighted by Crippen LogP contribution is -2.63. The second-order valence-corrected chi connectivity index (χ2v) is 11.8. The number of nitrogens with two attached hydrogens (primary N) is 3. The number of carboxylic acids is 2. The summed E-state index contributed by atoms with van der Waals surface area (Å²) in [5.74, 6) is -3.91. The summed E-state index contributed by atoms with van der Waals surface area (Å²) in [4.78, 5) is 54.9. The van der Waals surface area contributed by atoms with E-state index >= 15 is 0 Å². The number of piperidine rings is 1. The standard InChI is InChI=1S/C28H41N7O7/c1-35-10-8-28-13-15(5-7-17(28)20(35)11-14-4-6-16(24(29)38)23(37)22(14)28)33-19(26(41)42)12-21(36)34-18(25(39)40)3-2-9-32-27(30)31/h4,6,15,17-20,33,37H,2-3,5,7-13H2,1H3,(H2,29,38)(H,34,36)(H,39,40)(H,41,42)(H4,30,31,32)/t15-,17+,18+,19?,20-,28+/m1/s1. The van der Waals surface area contributed by atoms with Crippen molar-refractivity contribution in [3.8, 4) is 5.75 Å². The number of hydrogen-bond donors (Lipinski definition) is 8. The Morgan fingerprint density at radius 3 is 2.48 bits per heavy atom. The summed E-state index contributed by atoms with van der Waals surface area (Å²) in [5.41, 5.74) is 17.4. The van der Waals surface area contributed by atoms with Crippen molar-refractivity contribution in [3.05, 3.63) is 28.8 Å². The number of guanidine groups is 1. The maximum atomic E-state index is 12.8. The summed E-state index contributed by atoms with van der Waals surface area (Å²) < 4.78 is 0. The minimum absolute atomic E-state index is 0.0701. The number of benzene rings is 1. The van der Waals surface area contributed by atoms with Crippen LogP contribution in [0.3, 0.4) is 0 Å². The zero-order valence-corrected chi connectivity index (χ0v) is 23.7. The Labute approximate surface area is 243 Å². The normalized spacial score (nSPS) is 26.2. The lowest BCUT2D eigenvalue weighted by molar-refractivity contribution is -0.143. The van der Waals surface area contributed by atoms with E-state index < -0.39 is 47.7 Å². The molecule has 14 heteroatoms. The Hall–Kier alpha value is -3.91. The van der Waals surface area contributed by atoms with Crippen molar-refractivity contribution in [1.29, 1.82) is 0 Å². The van der Waals surface area contributed by atoms with Crippen molar-refractivity contribution in [2.45, 2.75) is 80.9 Å². The van der Waals surface area contributed by atoms with Crippen LogP contribution in [-0.2, 0) is 26.2 Å². The van der Waals surface area contributed by atoms with Gasteiger partial charge in [0.1, 0.15) is 17.8 Å². The molecule has 2 bridgehead atoms. The van der Waals surface area contributed by atoms with E-state index in [1.807, 2.05) is 6.07 Å². The number of hydrogen-bond acceptors (Lipinski definition) is 8. The number of rotatable bonds is 12. The van der Waals surface area contributed by atoms with Gasteiger partial charge in [-0.25, -0.2) is 4.79 Å². The molecule has 2 aliphatic carbocycles. The molecule has 4 rings (SSSR count). The molecule has 0 spiro atoms. The zero-order chi connectivity index (χ0) is 30.8. The van der Waals surface area contributed by atoms with Gasteiger partial charge in [-0.15, -0.1) is 0 Å². The van der Waals surface area contributed by atoms with Crippen LogP contribution in [0.1, 0.15) is 66.4 Å². The number of nitrogens with one attached hydrogen (secondary N) is 2. The third-order valence-corrected chi connectivity index (χ3v) is 9.25. The number of carbonyl (C=O) groups excluding carboxylic acids is 2. The van der Waals surface area contributed by atoms with Crippen molar-refractivity contribution in [1.82, 2.24) is 15.5 Å². The lowest BCUT2D eigenvalue weighted by Gasteiger charge is -2.60. The highest BCUT2D eigenvalue weighted by Crippen LogP contribution is 2.58. The van der Waals surface area contributed by atoms with Gasteiger partial charge >= 0.3 is 11.9 Å². The van der Waals surface area contributed by atoms with Crippen molar-refractivity contribution in [2.75, 3.05) is 20.1 Å². The minimum Gasteiger partial charge on any atom is -0.507 e. The fourth-order valence-corrected chi connectivity index (χ4v) is 7.38. The van der Waals surface area contributed by atoms with Gasteiger partial charge in [0.15, 0.2) is 5.96 Å². The van der Waals surface area contributed by atoms with Crippen LogP contribution in [0.25, 0.3) is 0 Å². The van der Waals surface area contributed by atoms with Gasteiger partial charge < -0.3 is 48.1 Å². The van der Waals surface area contributed by atoms with Crippen molar-refractivity contribution in [3.63, 3.8) is 0 Å². The van der Waals surface area contributed by atoms with Crippen LogP contribution in [0, 0.1) is 5.92 Å². The first kappa shape index (κ1) is 31.0. The van der Waals surface area contributed by atoms with Gasteiger partial charge in [0.25, 0.3) is 5.91 Å². The molecule has 2 fully saturated rings. The Morgan fingerprint density at radius 2 is 1.83 bits per heavy atom. The van der Waals surface area contributed by atoms with Crippen LogP contribution in [0.15, 0.2) is 17.1 Å². The average Bonchev–Trinajstić information content (AvgIpc) is 2.91. The molecule has 2 amide bonds. The van der Waals surface area contributed by atoms with Crippen LogP contribution in [-0.4, -0.2) is 94.2 Å². The minimum atomic E-state index is -1.25. The molecule has 1 saturated heterocycles. The summed E-state index contributed by atoms with van der Waals surface area (Å²) in [6, 6.07) is 0.898. The van der Waals surface area contributed by atoms with Gasteiger partial charge in [-0.3, -0.25) is 19.4 Å². The molecule has 1 saturated carbocycles. The molecule has 11 N–H and O–H groups in total. The maximum absolute atomic E-state index is 12.8. The predicted molar refractivity (Wildman–Crippen MR) is 153 cm³/mol. The Bertz CT molecular complexity index is 1270. The number of phenols is 1. The second-order valence-electron chi connectivity index (χ2n) is 11.8. The highest BCUT2D eigenvalue weighted by Gasteiger charge is 2.56. The Morgan fingerprint density at radius 1 is 1.12 bits per heavy atom. The van der Waals surface area contributed by atoms with E-state index in [-0.39, 0.29) is 48.2 Å². The van der Waals surface area contributed by atoms with Crippen molar-refractivity contribution in [2.24, 2.45) is 28.1 Å². The van der Waals surface area contributed by atoms with E-state index in [1.165, 1.54) is 0 Å². The molecule has 0 radical (unpaired) electrons. The Balaban J connectivity index is 1.50. The molecule has 1 heterocycles. The van der Waals surface area contributed by atoms with Crippen LogP contribution in [0.2, 0.25) is 0 Å². The number of aliphatic imine (C=N–C) groups is 1. The van der Waals surface area contributed by atoms with E-state index in [4.69, 9.17) is 17.2 Å². The summed E-state index contributed by atoms with van der Waals surface area (Å²) in [6.07, 6.45) is 3.31. The van der Waals surface area contributed by atoms with Crippen molar-refractivity contribution >= 4 is 29.7 Å². The Kier molecular flexibility index (Phi) is 9.26. The first-order chi connectivity index (χ1) is 19.8. The highest BCUT2D eigenvalue weighted by molar-refractivity contribution is 5.96. The van der Waals surface area contributed by atoms with E-state index in [0.29, 0.717) is 25.7 Å². The van der Waals surface area contributed by atoms with Gasteiger partial charge in [-0.2, -0.15) is 0 Å². The van der Waals surface area contributed by atoms with Gasteiger partial charge in [0.2, 0.25) is 5.91 Å². The maximum Gasteiger partial charge on any atom is 0.326 e. The monoisotopic (exact) mass is 587 g/mol. The lowest BCUT2D eigenvalue weighted by atomic mass is 9.51. The topological polar surface area (TPSA) is 247 Å². The second kappa shape index (κ2) is 12.5. The summed E-state index contributed by atoms with van der Waals surface area (Å²) in [6.45, 7) is 0.972. The number of amides is 2. The van der Waals surface area contributed by atoms with Gasteiger partial charge in [-0.1, -0.05) is 6.07 Å². The van der Waals surface area contributed by atoms with Crippen LogP contribution < -0.4 is 27.8 Å². The van der Waals surface area contributed by atoms with E-state index in [0.717, 1.165) is 30.5 Å². The SMILES string of the molecule is CN1CC[C@]23C[C@H](NC(CC(=O)N[C@@H](CCCN=C(N)N)C(=O)O)C(=O)O)CC[C@H]2[C@H]1Cc1ccc(C(N)=O)c(O)c13. The van der Waals surface area contributed by atoms with Gasteiger partial charge in [0.05, 0.1) is 12.0 Å². The largest absolute Gasteiger partial charge is 0.507 e. The fraction of sp³-hybridized carbons (Fsp3) is 0.607. The van der Waals surface area contributed by atoms with E-state index in [9.17, 15) is 34.5 Å². The molecule has 1 aromatic carbocycles. The van der Waals surface area contributed by atoms with Crippen LogP contribution >= 0.6 is 0 Å². The molecule has 14 nitrogen and oxygen atoms in total. The average molecular weight is 588 g/mol. The molecule has 42 heavy (non-hydrogen) atoms. The first-order valence-electron chi connectivity index (χ1n) is 14.3. The number of primary amides is 1. The number of carbonyl (C=O) groups is 4. The fourth-order valence-electron chi connectivity index (χ4n) is 7.38. The van der Waals surface area contributed by atoms with E-state index in [2.05, 4.69) is 27.6 Å². The number of carboxylic acid groups (broad SMARTS) is 2. The molecule has 1 aromatic rings. The van der Waals surface area contributed by atoms with Crippen molar-refractivity contribution < 1.29 is 34.5 Å². The van der Waals surface area contributed by atoms with E-state index in [1.54, 1.807) is 6.07 Å². The smallest absolute Gasteiger partial charge is 0.326 e. The number of likely N-dealkylation sites (tertiary alicyclic amines) is 1.